The zero-order valence-electron chi connectivity index (χ0n) is 16.0. The topological polar surface area (TPSA) is 77.2 Å². The average molecular weight is 400 g/mol. The molecule has 1 aromatic heterocycles. The number of amides is 1. The van der Waals surface area contributed by atoms with E-state index in [1.54, 1.807) is 24.3 Å². The second kappa shape index (κ2) is 8.44. The molecule has 1 N–H and O–H groups in total. The molecule has 0 radical (unpaired) electrons. The van der Waals surface area contributed by atoms with Crippen LogP contribution in [-0.2, 0) is 4.79 Å². The van der Waals surface area contributed by atoms with Crippen LogP contribution in [0.1, 0.15) is 32.7 Å². The van der Waals surface area contributed by atoms with E-state index < -0.39 is 6.04 Å². The average Bonchev–Trinajstić information content (AvgIpc) is 3.15. The summed E-state index contributed by atoms with van der Waals surface area (Å²) >= 11 is 5.85. The maximum atomic E-state index is 12.4. The van der Waals surface area contributed by atoms with Gasteiger partial charge >= 0.3 is 0 Å². The van der Waals surface area contributed by atoms with Gasteiger partial charge in [0.25, 0.3) is 5.91 Å². The van der Waals surface area contributed by atoms with Crippen molar-refractivity contribution in [1.82, 2.24) is 15.5 Å². The van der Waals surface area contributed by atoms with E-state index in [0.717, 1.165) is 5.56 Å². The van der Waals surface area contributed by atoms with E-state index in [1.165, 1.54) is 0 Å². The molecule has 28 heavy (non-hydrogen) atoms. The monoisotopic (exact) mass is 399 g/mol. The molecule has 0 unspecified atom stereocenters. The molecule has 1 amide bonds. The summed E-state index contributed by atoms with van der Waals surface area (Å²) in [5.41, 5.74) is 0.513. The van der Waals surface area contributed by atoms with E-state index in [-0.39, 0.29) is 17.9 Å². The normalized spacial score (nSPS) is 12.4. The number of benzene rings is 2. The van der Waals surface area contributed by atoms with Gasteiger partial charge in [-0.3, -0.25) is 4.79 Å². The van der Waals surface area contributed by atoms with Crippen LogP contribution in [0.15, 0.2) is 59.1 Å². The summed E-state index contributed by atoms with van der Waals surface area (Å²) in [6, 6.07) is 15.9. The molecule has 1 heterocycles. The molecular formula is C21H22ClN3O3. The van der Waals surface area contributed by atoms with Crippen molar-refractivity contribution in [3.05, 3.63) is 65.5 Å². The molecule has 0 aliphatic rings. The molecule has 7 heteroatoms. The van der Waals surface area contributed by atoms with Crippen LogP contribution in [0.5, 0.6) is 5.75 Å². The third-order valence-corrected chi connectivity index (χ3v) is 4.33. The summed E-state index contributed by atoms with van der Waals surface area (Å²) in [6.45, 7) is 5.84. The molecule has 0 aliphatic heterocycles. The molecule has 0 saturated carbocycles. The lowest BCUT2D eigenvalue weighted by Crippen LogP contribution is -2.39. The smallest absolute Gasteiger partial charge is 0.258 e. The summed E-state index contributed by atoms with van der Waals surface area (Å²) in [7, 11) is 0. The van der Waals surface area contributed by atoms with Gasteiger partial charge in [0.15, 0.2) is 6.61 Å². The summed E-state index contributed by atoms with van der Waals surface area (Å²) in [4.78, 5) is 16.9. The molecule has 146 valence electrons. The van der Waals surface area contributed by atoms with Crippen molar-refractivity contribution in [3.8, 4) is 17.1 Å². The lowest BCUT2D eigenvalue weighted by Gasteiger charge is -2.28. The van der Waals surface area contributed by atoms with Crippen molar-refractivity contribution in [2.75, 3.05) is 6.61 Å². The lowest BCUT2D eigenvalue weighted by atomic mass is 9.86. The maximum absolute atomic E-state index is 12.4. The molecular weight excluding hydrogens is 378 g/mol. The highest BCUT2D eigenvalue weighted by Crippen LogP contribution is 2.32. The Kier molecular flexibility index (Phi) is 5.99. The van der Waals surface area contributed by atoms with Gasteiger partial charge in [-0.15, -0.1) is 0 Å². The predicted octanol–water partition coefficient (Wildman–Crippen LogP) is 4.67. The van der Waals surface area contributed by atoms with Crippen LogP contribution in [-0.4, -0.2) is 22.7 Å². The first-order valence-electron chi connectivity index (χ1n) is 8.90. The third kappa shape index (κ3) is 5.10. The van der Waals surface area contributed by atoms with Crippen LogP contribution >= 0.6 is 11.6 Å². The Morgan fingerprint density at radius 1 is 1.14 bits per heavy atom. The first-order valence-corrected chi connectivity index (χ1v) is 9.27. The van der Waals surface area contributed by atoms with Crippen molar-refractivity contribution in [1.29, 1.82) is 0 Å². The Morgan fingerprint density at radius 2 is 1.82 bits per heavy atom. The number of aromatic nitrogens is 2. The summed E-state index contributed by atoms with van der Waals surface area (Å²) in [5, 5.41) is 7.59. The molecule has 3 rings (SSSR count). The fourth-order valence-electron chi connectivity index (χ4n) is 2.59. The Balaban J connectivity index is 1.70. The standard InChI is InChI=1S/C21H22ClN3O3/c1-21(2,3)18(20-24-19(25-28-20)14-7-5-4-6-8-14)23-17(26)13-27-16-11-9-15(22)10-12-16/h4-12,18H,13H2,1-3H3,(H,23,26)/t18-/m0/s1. The van der Waals surface area contributed by atoms with E-state index in [0.29, 0.717) is 22.5 Å². The van der Waals surface area contributed by atoms with E-state index in [9.17, 15) is 4.79 Å². The van der Waals surface area contributed by atoms with Crippen LogP contribution < -0.4 is 10.1 Å². The van der Waals surface area contributed by atoms with Gasteiger partial charge in [-0.2, -0.15) is 4.98 Å². The summed E-state index contributed by atoms with van der Waals surface area (Å²) in [6.07, 6.45) is 0. The van der Waals surface area contributed by atoms with Gasteiger partial charge in [0.2, 0.25) is 11.7 Å². The SMILES string of the molecule is CC(C)(C)[C@@H](NC(=O)COc1ccc(Cl)cc1)c1nc(-c2ccccc2)no1. The predicted molar refractivity (Wildman–Crippen MR) is 107 cm³/mol. The lowest BCUT2D eigenvalue weighted by molar-refractivity contribution is -0.124. The van der Waals surface area contributed by atoms with Crippen LogP contribution in [0.25, 0.3) is 11.4 Å². The number of nitrogens with zero attached hydrogens (tertiary/aromatic N) is 2. The van der Waals surface area contributed by atoms with Gasteiger partial charge in [-0.25, -0.2) is 0 Å². The zero-order chi connectivity index (χ0) is 20.1. The number of ether oxygens (including phenoxy) is 1. The number of nitrogens with one attached hydrogen (secondary N) is 1. The Morgan fingerprint density at radius 3 is 2.46 bits per heavy atom. The fourth-order valence-corrected chi connectivity index (χ4v) is 2.71. The van der Waals surface area contributed by atoms with Gasteiger partial charge in [-0.1, -0.05) is 67.9 Å². The number of hydrogen-bond donors (Lipinski definition) is 1. The largest absolute Gasteiger partial charge is 0.484 e. The van der Waals surface area contributed by atoms with E-state index in [1.807, 2.05) is 51.1 Å². The number of hydrogen-bond acceptors (Lipinski definition) is 5. The Bertz CT molecular complexity index is 918. The summed E-state index contributed by atoms with van der Waals surface area (Å²) in [5.74, 6) is 1.12. The van der Waals surface area contributed by atoms with Crippen molar-refractivity contribution >= 4 is 17.5 Å². The highest BCUT2D eigenvalue weighted by Gasteiger charge is 2.33. The second-order valence-corrected chi connectivity index (χ2v) is 7.87. The van der Waals surface area contributed by atoms with E-state index in [4.69, 9.17) is 20.9 Å². The third-order valence-electron chi connectivity index (χ3n) is 4.08. The summed E-state index contributed by atoms with van der Waals surface area (Å²) < 4.78 is 11.0. The molecule has 0 aliphatic carbocycles. The second-order valence-electron chi connectivity index (χ2n) is 7.43. The zero-order valence-corrected chi connectivity index (χ0v) is 16.7. The fraction of sp³-hybridized carbons (Fsp3) is 0.286. The Labute approximate surface area is 168 Å². The number of rotatable bonds is 6. The van der Waals surface area contributed by atoms with Crippen molar-refractivity contribution < 1.29 is 14.1 Å². The quantitative estimate of drug-likeness (QED) is 0.651. The van der Waals surface area contributed by atoms with Crippen molar-refractivity contribution in [3.63, 3.8) is 0 Å². The van der Waals surface area contributed by atoms with Gasteiger partial charge in [-0.05, 0) is 29.7 Å². The van der Waals surface area contributed by atoms with E-state index >= 15 is 0 Å². The minimum atomic E-state index is -0.459. The molecule has 0 bridgehead atoms. The minimum Gasteiger partial charge on any atom is -0.484 e. The van der Waals surface area contributed by atoms with E-state index in [2.05, 4.69) is 15.5 Å². The molecule has 2 aromatic carbocycles. The number of carbonyl (C=O) groups excluding carboxylic acids is 1. The minimum absolute atomic E-state index is 0.131. The van der Waals surface area contributed by atoms with Crippen LogP contribution in [0.4, 0.5) is 0 Å². The first-order chi connectivity index (χ1) is 13.3. The highest BCUT2D eigenvalue weighted by atomic mass is 35.5. The van der Waals surface area contributed by atoms with Crippen LogP contribution in [0.2, 0.25) is 5.02 Å². The Hall–Kier alpha value is -2.86. The molecule has 0 spiro atoms. The molecule has 3 aromatic rings. The number of halogens is 1. The van der Waals surface area contributed by atoms with Crippen molar-refractivity contribution in [2.45, 2.75) is 26.8 Å². The molecule has 6 nitrogen and oxygen atoms in total. The van der Waals surface area contributed by atoms with Gasteiger partial charge < -0.3 is 14.6 Å². The van der Waals surface area contributed by atoms with Crippen LogP contribution in [0, 0.1) is 5.41 Å². The van der Waals surface area contributed by atoms with Crippen molar-refractivity contribution in [2.24, 2.45) is 5.41 Å². The van der Waals surface area contributed by atoms with Gasteiger partial charge in [0.05, 0.1) is 0 Å². The number of carbonyl (C=O) groups is 1. The molecule has 0 saturated heterocycles. The van der Waals surface area contributed by atoms with Crippen LogP contribution in [0.3, 0.4) is 0 Å². The molecule has 1 atom stereocenters. The first kappa shape index (κ1) is 19.9. The highest BCUT2D eigenvalue weighted by molar-refractivity contribution is 6.30. The maximum Gasteiger partial charge on any atom is 0.258 e. The van der Waals surface area contributed by atoms with Gasteiger partial charge in [0.1, 0.15) is 11.8 Å². The molecule has 0 fully saturated rings. The van der Waals surface area contributed by atoms with Gasteiger partial charge in [0, 0.05) is 10.6 Å².